The number of pyridine rings is 1. The van der Waals surface area contributed by atoms with Gasteiger partial charge in [0.2, 0.25) is 5.91 Å². The SMILES string of the molecule is CCc1nc(CN(C)C(=O)Cn2cc(C(F)(F)F)ccc2=O)cs1. The summed E-state index contributed by atoms with van der Waals surface area (Å²) in [6.07, 6.45) is -3.12. The number of rotatable bonds is 5. The summed E-state index contributed by atoms with van der Waals surface area (Å²) in [7, 11) is 1.52. The van der Waals surface area contributed by atoms with Gasteiger partial charge in [0.05, 0.1) is 22.8 Å². The molecule has 2 heterocycles. The molecule has 0 aliphatic rings. The van der Waals surface area contributed by atoms with Gasteiger partial charge in [-0.1, -0.05) is 6.92 Å². The van der Waals surface area contributed by atoms with Crippen molar-refractivity contribution in [3.8, 4) is 0 Å². The summed E-state index contributed by atoms with van der Waals surface area (Å²) in [6, 6.07) is 1.51. The highest BCUT2D eigenvalue weighted by Gasteiger charge is 2.31. The minimum atomic E-state index is -4.57. The zero-order chi connectivity index (χ0) is 17.9. The number of carbonyl (C=O) groups is 1. The highest BCUT2D eigenvalue weighted by Crippen LogP contribution is 2.28. The second-order valence-corrected chi connectivity index (χ2v) is 6.16. The van der Waals surface area contributed by atoms with Crippen LogP contribution in [0.3, 0.4) is 0 Å². The van der Waals surface area contributed by atoms with Crippen molar-refractivity contribution in [1.29, 1.82) is 0 Å². The predicted molar refractivity (Wildman–Crippen MR) is 83.7 cm³/mol. The molecule has 0 spiro atoms. The van der Waals surface area contributed by atoms with Gasteiger partial charge in [0, 0.05) is 24.7 Å². The second kappa shape index (κ2) is 7.16. The first-order valence-electron chi connectivity index (χ1n) is 7.15. The highest BCUT2D eigenvalue weighted by molar-refractivity contribution is 7.09. The molecule has 0 atom stereocenters. The lowest BCUT2D eigenvalue weighted by Crippen LogP contribution is -2.33. The topological polar surface area (TPSA) is 55.2 Å². The molecule has 0 aromatic carbocycles. The van der Waals surface area contributed by atoms with Crippen molar-refractivity contribution >= 4 is 17.2 Å². The number of hydrogen-bond donors (Lipinski definition) is 0. The molecule has 0 saturated heterocycles. The number of thiazole rings is 1. The van der Waals surface area contributed by atoms with Crippen molar-refractivity contribution in [3.05, 3.63) is 50.3 Å². The Bertz CT molecular complexity index is 783. The van der Waals surface area contributed by atoms with E-state index in [1.54, 1.807) is 0 Å². The third-order valence-corrected chi connectivity index (χ3v) is 4.39. The van der Waals surface area contributed by atoms with Gasteiger partial charge in [0.25, 0.3) is 5.56 Å². The fourth-order valence-corrected chi connectivity index (χ4v) is 2.74. The van der Waals surface area contributed by atoms with Crippen LogP contribution in [0.1, 0.15) is 23.2 Å². The van der Waals surface area contributed by atoms with Gasteiger partial charge >= 0.3 is 6.18 Å². The lowest BCUT2D eigenvalue weighted by Gasteiger charge is -2.17. The first-order chi connectivity index (χ1) is 11.2. The van der Waals surface area contributed by atoms with E-state index in [-0.39, 0.29) is 6.54 Å². The predicted octanol–water partition coefficient (Wildman–Crippen LogP) is 2.54. The highest BCUT2D eigenvalue weighted by atomic mass is 32.1. The summed E-state index contributed by atoms with van der Waals surface area (Å²) >= 11 is 1.49. The van der Waals surface area contributed by atoms with Crippen molar-refractivity contribution < 1.29 is 18.0 Å². The van der Waals surface area contributed by atoms with E-state index in [9.17, 15) is 22.8 Å². The van der Waals surface area contributed by atoms with Gasteiger partial charge in [-0.25, -0.2) is 4.98 Å². The summed E-state index contributed by atoms with van der Waals surface area (Å²) in [5.74, 6) is -0.470. The molecule has 5 nitrogen and oxygen atoms in total. The molecule has 0 unspecified atom stereocenters. The van der Waals surface area contributed by atoms with Crippen molar-refractivity contribution in [1.82, 2.24) is 14.5 Å². The minimum Gasteiger partial charge on any atom is -0.338 e. The molecule has 0 fully saturated rings. The number of halogens is 3. The van der Waals surface area contributed by atoms with E-state index in [0.717, 1.165) is 22.1 Å². The molecule has 0 bridgehead atoms. The molecule has 2 aromatic rings. The molecule has 0 radical (unpaired) electrons. The van der Waals surface area contributed by atoms with Crippen LogP contribution >= 0.6 is 11.3 Å². The Morgan fingerprint density at radius 3 is 2.67 bits per heavy atom. The molecule has 2 aromatic heterocycles. The Balaban J connectivity index is 2.09. The van der Waals surface area contributed by atoms with Crippen molar-refractivity contribution in [2.45, 2.75) is 32.6 Å². The van der Waals surface area contributed by atoms with Gasteiger partial charge in [-0.05, 0) is 12.5 Å². The van der Waals surface area contributed by atoms with Crippen LogP contribution in [-0.2, 0) is 30.5 Å². The summed E-state index contributed by atoms with van der Waals surface area (Å²) in [5.41, 5.74) is -0.916. The van der Waals surface area contributed by atoms with Gasteiger partial charge in [-0.2, -0.15) is 13.2 Å². The molecule has 0 N–H and O–H groups in total. The average molecular weight is 359 g/mol. The Morgan fingerprint density at radius 1 is 1.38 bits per heavy atom. The molecule has 130 valence electrons. The zero-order valence-corrected chi connectivity index (χ0v) is 13.9. The van der Waals surface area contributed by atoms with E-state index in [4.69, 9.17) is 0 Å². The summed E-state index contributed by atoms with van der Waals surface area (Å²) < 4.78 is 38.9. The van der Waals surface area contributed by atoms with Crippen LogP contribution in [0.25, 0.3) is 0 Å². The van der Waals surface area contributed by atoms with E-state index in [2.05, 4.69) is 4.98 Å². The number of likely N-dealkylation sites (N-methyl/N-ethyl adjacent to an activating group) is 1. The standard InChI is InChI=1S/C15H16F3N3O2S/c1-3-12-19-11(9-24-12)7-20(2)14(23)8-21-6-10(15(16,17)18)4-5-13(21)22/h4-6,9H,3,7-8H2,1-2H3. The maximum absolute atomic E-state index is 12.7. The maximum atomic E-state index is 12.7. The van der Waals surface area contributed by atoms with Gasteiger partial charge in [0.15, 0.2) is 0 Å². The maximum Gasteiger partial charge on any atom is 0.417 e. The average Bonchev–Trinajstić information content (AvgIpc) is 2.95. The van der Waals surface area contributed by atoms with E-state index >= 15 is 0 Å². The van der Waals surface area contributed by atoms with E-state index < -0.39 is 29.8 Å². The fraction of sp³-hybridized carbons (Fsp3) is 0.400. The monoisotopic (exact) mass is 359 g/mol. The van der Waals surface area contributed by atoms with Crippen LogP contribution in [0.5, 0.6) is 0 Å². The Labute approximate surface area is 140 Å². The molecule has 0 saturated carbocycles. The molecule has 0 aliphatic carbocycles. The first kappa shape index (κ1) is 18.2. The number of aromatic nitrogens is 2. The lowest BCUT2D eigenvalue weighted by atomic mass is 10.2. The molecule has 2 rings (SSSR count). The largest absolute Gasteiger partial charge is 0.417 e. The number of amides is 1. The van der Waals surface area contributed by atoms with Crippen molar-refractivity contribution in [2.75, 3.05) is 7.05 Å². The van der Waals surface area contributed by atoms with Crippen molar-refractivity contribution in [2.24, 2.45) is 0 Å². The molecule has 1 amide bonds. The molecular formula is C15H16F3N3O2S. The van der Waals surface area contributed by atoms with Crippen LogP contribution in [0.15, 0.2) is 28.5 Å². The third kappa shape index (κ3) is 4.44. The number of carbonyl (C=O) groups excluding carboxylic acids is 1. The zero-order valence-electron chi connectivity index (χ0n) is 13.1. The molecule has 24 heavy (non-hydrogen) atoms. The molecule has 9 heteroatoms. The molecular weight excluding hydrogens is 343 g/mol. The van der Waals surface area contributed by atoms with Crippen LogP contribution in [0, 0.1) is 0 Å². The second-order valence-electron chi connectivity index (χ2n) is 5.22. The van der Waals surface area contributed by atoms with Gasteiger partial charge in [0.1, 0.15) is 6.54 Å². The Hall–Kier alpha value is -2.16. The smallest absolute Gasteiger partial charge is 0.338 e. The molecule has 0 aliphatic heterocycles. The van der Waals surface area contributed by atoms with Crippen LogP contribution in [0.2, 0.25) is 0 Å². The van der Waals surface area contributed by atoms with Gasteiger partial charge < -0.3 is 9.47 Å². The first-order valence-corrected chi connectivity index (χ1v) is 8.03. The third-order valence-electron chi connectivity index (χ3n) is 3.34. The van der Waals surface area contributed by atoms with Crippen molar-refractivity contribution in [3.63, 3.8) is 0 Å². The van der Waals surface area contributed by atoms with E-state index in [0.29, 0.717) is 18.0 Å². The normalized spacial score (nSPS) is 11.5. The van der Waals surface area contributed by atoms with E-state index in [1.807, 2.05) is 12.3 Å². The minimum absolute atomic E-state index is 0.239. The number of hydrogen-bond acceptors (Lipinski definition) is 4. The Kier molecular flexibility index (Phi) is 5.43. The number of nitrogens with zero attached hydrogens (tertiary/aromatic N) is 3. The fourth-order valence-electron chi connectivity index (χ4n) is 2.00. The van der Waals surface area contributed by atoms with E-state index in [1.165, 1.54) is 23.3 Å². The summed E-state index contributed by atoms with van der Waals surface area (Å²) in [5, 5.41) is 2.78. The van der Waals surface area contributed by atoms with Crippen LogP contribution in [0.4, 0.5) is 13.2 Å². The quantitative estimate of drug-likeness (QED) is 0.824. The number of aryl methyl sites for hydroxylation is 1. The van der Waals surface area contributed by atoms with Crippen LogP contribution in [-0.4, -0.2) is 27.4 Å². The summed E-state index contributed by atoms with van der Waals surface area (Å²) in [6.45, 7) is 1.75. The van der Waals surface area contributed by atoms with Crippen LogP contribution < -0.4 is 5.56 Å². The lowest BCUT2D eigenvalue weighted by molar-refractivity contribution is -0.138. The summed E-state index contributed by atoms with van der Waals surface area (Å²) in [4.78, 5) is 29.5. The van der Waals surface area contributed by atoms with Gasteiger partial charge in [-0.3, -0.25) is 9.59 Å². The van der Waals surface area contributed by atoms with Gasteiger partial charge in [-0.15, -0.1) is 11.3 Å². The Morgan fingerprint density at radius 2 is 2.08 bits per heavy atom. The number of alkyl halides is 3.